The quantitative estimate of drug-likeness (QED) is 0.0288. The lowest BCUT2D eigenvalue weighted by Crippen LogP contribution is -2.28. The van der Waals surface area contributed by atoms with Gasteiger partial charge >= 0.3 is 11.9 Å². The van der Waals surface area contributed by atoms with Crippen molar-refractivity contribution in [3.05, 3.63) is 60.8 Å². The maximum atomic E-state index is 12.2. The topological polar surface area (TPSA) is 93.1 Å². The third kappa shape index (κ3) is 38.6. The van der Waals surface area contributed by atoms with Crippen LogP contribution in [-0.4, -0.2) is 47.6 Å². The molecule has 0 bridgehead atoms. The summed E-state index contributed by atoms with van der Waals surface area (Å²) in [4.78, 5) is 24.3. The molecular formula is C45H78O6. The molecule has 0 saturated carbocycles. The summed E-state index contributed by atoms with van der Waals surface area (Å²) in [7, 11) is 0. The number of allylic oxidation sites excluding steroid dienone is 8. The molecule has 6 heteroatoms. The van der Waals surface area contributed by atoms with Gasteiger partial charge in [-0.15, -0.1) is 0 Å². The molecule has 0 spiro atoms. The number of aliphatic hydroxyl groups is 2. The normalized spacial score (nSPS) is 13.4. The van der Waals surface area contributed by atoms with Gasteiger partial charge in [0.05, 0.1) is 12.7 Å². The van der Waals surface area contributed by atoms with Crippen LogP contribution in [0.2, 0.25) is 0 Å². The van der Waals surface area contributed by atoms with Crippen molar-refractivity contribution >= 4 is 11.9 Å². The van der Waals surface area contributed by atoms with E-state index >= 15 is 0 Å². The first-order valence-corrected chi connectivity index (χ1v) is 21.0. The van der Waals surface area contributed by atoms with Crippen LogP contribution in [0.5, 0.6) is 0 Å². The van der Waals surface area contributed by atoms with E-state index in [1.165, 1.54) is 103 Å². The van der Waals surface area contributed by atoms with Crippen LogP contribution in [0.3, 0.4) is 0 Å². The van der Waals surface area contributed by atoms with Crippen molar-refractivity contribution in [2.24, 2.45) is 0 Å². The molecule has 6 nitrogen and oxygen atoms in total. The van der Waals surface area contributed by atoms with Crippen molar-refractivity contribution in [3.63, 3.8) is 0 Å². The van der Waals surface area contributed by atoms with Gasteiger partial charge in [0.2, 0.25) is 0 Å². The molecule has 0 radical (unpaired) electrons. The average molecular weight is 715 g/mol. The average Bonchev–Trinajstić information content (AvgIpc) is 3.13. The Balaban J connectivity index is 3.67. The summed E-state index contributed by atoms with van der Waals surface area (Å²) in [6.45, 7) is 3.91. The molecule has 0 aliphatic carbocycles. The Morgan fingerprint density at radius 2 is 1.08 bits per heavy atom. The van der Waals surface area contributed by atoms with Crippen LogP contribution in [0.15, 0.2) is 60.8 Å². The Hall–Kier alpha value is -2.44. The molecule has 0 aliphatic heterocycles. The van der Waals surface area contributed by atoms with E-state index in [0.717, 1.165) is 44.9 Å². The highest BCUT2D eigenvalue weighted by molar-refractivity contribution is 5.70. The number of aliphatic hydroxyl groups excluding tert-OH is 2. The molecule has 0 aliphatic rings. The zero-order valence-corrected chi connectivity index (χ0v) is 33.0. The predicted molar refractivity (Wildman–Crippen MR) is 216 cm³/mol. The second-order valence-electron chi connectivity index (χ2n) is 13.9. The summed E-state index contributed by atoms with van der Waals surface area (Å²) in [5.74, 6) is -0.696. The third-order valence-electron chi connectivity index (χ3n) is 8.91. The minimum absolute atomic E-state index is 0.115. The lowest BCUT2D eigenvalue weighted by molar-refractivity contribution is -0.161. The second-order valence-corrected chi connectivity index (χ2v) is 13.9. The summed E-state index contributed by atoms with van der Waals surface area (Å²) < 4.78 is 10.6. The van der Waals surface area contributed by atoms with E-state index in [0.29, 0.717) is 19.3 Å². The number of rotatable bonds is 37. The van der Waals surface area contributed by atoms with Crippen LogP contribution in [-0.2, 0) is 19.1 Å². The molecular weight excluding hydrogens is 636 g/mol. The number of hydrogen-bond acceptors (Lipinski definition) is 6. The summed E-state index contributed by atoms with van der Waals surface area (Å²) in [6, 6.07) is 0. The van der Waals surface area contributed by atoms with Crippen molar-refractivity contribution in [2.45, 2.75) is 199 Å². The third-order valence-corrected chi connectivity index (χ3v) is 8.91. The van der Waals surface area contributed by atoms with Crippen LogP contribution in [0.1, 0.15) is 187 Å². The van der Waals surface area contributed by atoms with Crippen LogP contribution in [0, 0.1) is 0 Å². The van der Waals surface area contributed by atoms with Crippen molar-refractivity contribution in [3.8, 4) is 0 Å². The SMILES string of the molecule is CC/C=C\C/C=C\CC(O)/C=C/C=C\C/C=C\CCCC(=O)OC[C@H](CO)OC(=O)CCCCCCCCCCCCCCCCCCCCC. The summed E-state index contributed by atoms with van der Waals surface area (Å²) in [5.41, 5.74) is 0. The Morgan fingerprint density at radius 1 is 0.569 bits per heavy atom. The fourth-order valence-corrected chi connectivity index (χ4v) is 5.73. The van der Waals surface area contributed by atoms with Gasteiger partial charge in [0.1, 0.15) is 6.61 Å². The van der Waals surface area contributed by atoms with Crippen LogP contribution in [0.25, 0.3) is 0 Å². The van der Waals surface area contributed by atoms with Crippen molar-refractivity contribution in [1.82, 2.24) is 0 Å². The molecule has 0 aromatic heterocycles. The number of carbonyl (C=O) groups excluding carboxylic acids is 2. The van der Waals surface area contributed by atoms with Crippen LogP contribution in [0.4, 0.5) is 0 Å². The lowest BCUT2D eigenvalue weighted by atomic mass is 10.0. The largest absolute Gasteiger partial charge is 0.462 e. The van der Waals surface area contributed by atoms with Crippen molar-refractivity contribution in [2.75, 3.05) is 13.2 Å². The minimum atomic E-state index is -0.812. The Morgan fingerprint density at radius 3 is 1.65 bits per heavy atom. The predicted octanol–water partition coefficient (Wildman–Crippen LogP) is 12.1. The maximum absolute atomic E-state index is 12.2. The van der Waals surface area contributed by atoms with E-state index < -0.39 is 12.2 Å². The number of ether oxygens (including phenoxy) is 2. The molecule has 2 N–H and O–H groups in total. The van der Waals surface area contributed by atoms with Crippen LogP contribution >= 0.6 is 0 Å². The number of carbonyl (C=O) groups is 2. The number of unbranched alkanes of at least 4 members (excludes halogenated alkanes) is 19. The molecule has 0 saturated heterocycles. The number of esters is 2. The molecule has 0 aromatic rings. The molecule has 0 rings (SSSR count). The van der Waals surface area contributed by atoms with E-state index in [4.69, 9.17) is 9.47 Å². The highest BCUT2D eigenvalue weighted by atomic mass is 16.6. The highest BCUT2D eigenvalue weighted by Crippen LogP contribution is 2.15. The monoisotopic (exact) mass is 715 g/mol. The summed E-state index contributed by atoms with van der Waals surface area (Å²) in [5, 5.41) is 19.5. The maximum Gasteiger partial charge on any atom is 0.306 e. The molecule has 0 aromatic carbocycles. The first-order valence-electron chi connectivity index (χ1n) is 21.0. The van der Waals surface area contributed by atoms with Gasteiger partial charge < -0.3 is 19.7 Å². The van der Waals surface area contributed by atoms with Crippen molar-refractivity contribution < 1.29 is 29.3 Å². The highest BCUT2D eigenvalue weighted by Gasteiger charge is 2.16. The van der Waals surface area contributed by atoms with Gasteiger partial charge in [-0.1, -0.05) is 190 Å². The van der Waals surface area contributed by atoms with E-state index in [-0.39, 0.29) is 31.6 Å². The molecule has 0 fully saturated rings. The van der Waals surface area contributed by atoms with Gasteiger partial charge in [0, 0.05) is 12.8 Å². The zero-order valence-electron chi connectivity index (χ0n) is 33.0. The summed E-state index contributed by atoms with van der Waals surface area (Å²) >= 11 is 0. The van der Waals surface area contributed by atoms with E-state index in [2.05, 4.69) is 32.1 Å². The Bertz CT molecular complexity index is 918. The molecule has 1 unspecified atom stereocenters. The van der Waals surface area contributed by atoms with Gasteiger partial charge in [-0.2, -0.15) is 0 Å². The Kier molecular flexibility index (Phi) is 38.4. The standard InChI is InChI=1S/C45H78O6/c1-3-5-7-9-11-12-13-14-15-16-17-18-19-20-21-22-27-31-35-39-45(49)51-43(40-46)41-50-44(48)38-34-30-26-24-23-25-29-33-37-42(47)36-32-28-10-8-6-4-2/h6,8,24-26,28-29,32-33,37,42-43,46-47H,3-5,7,9-23,27,30-31,34-36,38-41H2,1-2H3/b8-6-,26-24-,29-25-,32-28-,37-33+/t42?,43-/m0/s1. The lowest BCUT2D eigenvalue weighted by Gasteiger charge is -2.15. The fourth-order valence-electron chi connectivity index (χ4n) is 5.73. The van der Waals surface area contributed by atoms with E-state index in [1.54, 1.807) is 6.08 Å². The van der Waals surface area contributed by atoms with Gasteiger partial charge in [0.25, 0.3) is 0 Å². The molecule has 294 valence electrons. The second kappa shape index (κ2) is 40.3. The van der Waals surface area contributed by atoms with Crippen molar-refractivity contribution in [1.29, 1.82) is 0 Å². The van der Waals surface area contributed by atoms with Gasteiger partial charge in [-0.05, 0) is 44.9 Å². The smallest absolute Gasteiger partial charge is 0.306 e. The first kappa shape index (κ1) is 48.6. The summed E-state index contributed by atoms with van der Waals surface area (Å²) in [6.07, 6.45) is 48.9. The van der Waals surface area contributed by atoms with Gasteiger partial charge in [0.15, 0.2) is 6.10 Å². The molecule has 51 heavy (non-hydrogen) atoms. The zero-order chi connectivity index (χ0) is 37.3. The Labute approximate surface area is 313 Å². The molecule has 2 atom stereocenters. The fraction of sp³-hybridized carbons (Fsp3) is 0.733. The first-order chi connectivity index (χ1) is 25.0. The minimum Gasteiger partial charge on any atom is -0.462 e. The molecule has 0 amide bonds. The van der Waals surface area contributed by atoms with Gasteiger partial charge in [-0.3, -0.25) is 9.59 Å². The number of hydrogen-bond donors (Lipinski definition) is 2. The molecule has 0 heterocycles. The van der Waals surface area contributed by atoms with Crippen LogP contribution < -0.4 is 0 Å². The van der Waals surface area contributed by atoms with Gasteiger partial charge in [-0.25, -0.2) is 0 Å². The van der Waals surface area contributed by atoms with E-state index in [1.807, 2.05) is 36.5 Å². The van der Waals surface area contributed by atoms with E-state index in [9.17, 15) is 19.8 Å².